The molecule has 2 aliphatic rings. The molecule has 19 heavy (non-hydrogen) atoms. The van der Waals surface area contributed by atoms with Gasteiger partial charge < -0.3 is 11.1 Å². The topological polar surface area (TPSA) is 60.3 Å². The van der Waals surface area contributed by atoms with Crippen LogP contribution < -0.4 is 11.1 Å². The number of nitrogens with zero attached hydrogens (tertiary/aromatic N) is 1. The minimum Gasteiger partial charge on any atom is -0.326 e. The molecule has 3 rings (SSSR count). The lowest BCUT2D eigenvalue weighted by atomic mass is 9.88. The molecule has 0 saturated carbocycles. The molecule has 3 nitrogen and oxygen atoms in total. The summed E-state index contributed by atoms with van der Waals surface area (Å²) in [4.78, 5) is 4.60. The summed E-state index contributed by atoms with van der Waals surface area (Å²) in [5.41, 5.74) is 8.17. The minimum atomic E-state index is 0.180. The highest BCUT2D eigenvalue weighted by molar-refractivity contribution is 5.81. The molecule has 0 aromatic heterocycles. The molecule has 1 aromatic rings. The Kier molecular flexibility index (Phi) is 3.32. The van der Waals surface area contributed by atoms with E-state index in [0.717, 1.165) is 24.2 Å². The van der Waals surface area contributed by atoms with Gasteiger partial charge >= 0.3 is 0 Å². The minimum absolute atomic E-state index is 0.180. The van der Waals surface area contributed by atoms with Crippen LogP contribution >= 0.6 is 0 Å². The van der Waals surface area contributed by atoms with Crippen LogP contribution in [0.2, 0.25) is 0 Å². The van der Waals surface area contributed by atoms with E-state index < -0.39 is 0 Å². The summed E-state index contributed by atoms with van der Waals surface area (Å²) >= 11 is 0. The van der Waals surface area contributed by atoms with Gasteiger partial charge in [-0.3, -0.25) is 4.99 Å². The molecule has 2 atom stereocenters. The van der Waals surface area contributed by atoms with Crippen molar-refractivity contribution in [3.8, 4) is 0 Å². The average Bonchev–Trinajstić information content (AvgIpc) is 3.22. The van der Waals surface area contributed by atoms with E-state index >= 15 is 0 Å². The molecular weight excluding hydrogens is 234 g/mol. The molecule has 1 aliphatic heterocycles. The standard InChI is InChI=1S/C16H19N3/c17-9-13-5-1-2-6-14(13)10-18-11-15-7-3-4-8-16(15)12-19-16/h1-8,10,15,19H,9,11-12,17H2/b18-10+. The van der Waals surface area contributed by atoms with Crippen molar-refractivity contribution in [3.63, 3.8) is 0 Å². The van der Waals surface area contributed by atoms with E-state index in [2.05, 4.69) is 46.7 Å². The number of benzene rings is 1. The lowest BCUT2D eigenvalue weighted by Gasteiger charge is -2.20. The van der Waals surface area contributed by atoms with E-state index in [0.29, 0.717) is 12.5 Å². The maximum absolute atomic E-state index is 5.73. The third-order valence-electron chi connectivity index (χ3n) is 3.90. The first-order valence-corrected chi connectivity index (χ1v) is 6.73. The summed E-state index contributed by atoms with van der Waals surface area (Å²) in [6.45, 7) is 2.43. The first kappa shape index (κ1) is 12.3. The molecule has 1 aliphatic carbocycles. The molecule has 0 radical (unpaired) electrons. The molecule has 1 fully saturated rings. The van der Waals surface area contributed by atoms with Crippen LogP contribution in [0.5, 0.6) is 0 Å². The van der Waals surface area contributed by atoms with Crippen LogP contribution in [0, 0.1) is 5.92 Å². The Labute approximate surface area is 113 Å². The Morgan fingerprint density at radius 2 is 2.21 bits per heavy atom. The summed E-state index contributed by atoms with van der Waals surface area (Å²) in [5, 5.41) is 3.44. The highest BCUT2D eigenvalue weighted by Crippen LogP contribution is 2.32. The van der Waals surface area contributed by atoms with Gasteiger partial charge in [0.05, 0.1) is 5.54 Å². The molecule has 3 N–H and O–H groups in total. The van der Waals surface area contributed by atoms with E-state index in [-0.39, 0.29) is 5.54 Å². The van der Waals surface area contributed by atoms with Crippen molar-refractivity contribution in [2.24, 2.45) is 16.6 Å². The van der Waals surface area contributed by atoms with Gasteiger partial charge in [-0.15, -0.1) is 0 Å². The van der Waals surface area contributed by atoms with Crippen LogP contribution in [-0.4, -0.2) is 24.8 Å². The van der Waals surface area contributed by atoms with Gasteiger partial charge in [-0.2, -0.15) is 0 Å². The summed E-state index contributed by atoms with van der Waals surface area (Å²) in [6.07, 6.45) is 10.7. The van der Waals surface area contributed by atoms with Crippen molar-refractivity contribution >= 4 is 6.21 Å². The third-order valence-corrected chi connectivity index (χ3v) is 3.90. The lowest BCUT2D eigenvalue weighted by Crippen LogP contribution is -2.27. The van der Waals surface area contributed by atoms with E-state index in [1.54, 1.807) is 0 Å². The quantitative estimate of drug-likeness (QED) is 0.633. The second-order valence-corrected chi connectivity index (χ2v) is 5.14. The van der Waals surface area contributed by atoms with Crippen molar-refractivity contribution < 1.29 is 0 Å². The number of aliphatic imine (C=N–C) groups is 1. The fraction of sp³-hybridized carbons (Fsp3) is 0.312. The largest absolute Gasteiger partial charge is 0.326 e. The molecule has 1 heterocycles. The Morgan fingerprint density at radius 1 is 1.37 bits per heavy atom. The van der Waals surface area contributed by atoms with Crippen LogP contribution in [-0.2, 0) is 6.54 Å². The van der Waals surface area contributed by atoms with Crippen molar-refractivity contribution in [3.05, 3.63) is 59.7 Å². The van der Waals surface area contributed by atoms with Crippen LogP contribution in [0.1, 0.15) is 11.1 Å². The predicted molar refractivity (Wildman–Crippen MR) is 79.3 cm³/mol. The molecule has 3 heteroatoms. The average molecular weight is 253 g/mol. The third kappa shape index (κ3) is 2.53. The zero-order chi connectivity index (χ0) is 13.1. The summed E-state index contributed by atoms with van der Waals surface area (Å²) in [7, 11) is 0. The normalized spacial score (nSPS) is 28.4. The van der Waals surface area contributed by atoms with E-state index in [9.17, 15) is 0 Å². The zero-order valence-corrected chi connectivity index (χ0v) is 10.9. The molecular formula is C16H19N3. The van der Waals surface area contributed by atoms with E-state index in [1.807, 2.05) is 18.3 Å². The fourth-order valence-electron chi connectivity index (χ4n) is 2.54. The van der Waals surface area contributed by atoms with Crippen molar-refractivity contribution in [2.45, 2.75) is 12.1 Å². The lowest BCUT2D eigenvalue weighted by molar-refractivity contribution is 0.549. The molecule has 98 valence electrons. The Morgan fingerprint density at radius 3 is 3.00 bits per heavy atom. The van der Waals surface area contributed by atoms with Gasteiger partial charge in [-0.05, 0) is 11.1 Å². The Hall–Kier alpha value is -1.71. The number of nitrogens with two attached hydrogens (primary N) is 1. The molecule has 2 unspecified atom stereocenters. The van der Waals surface area contributed by atoms with Crippen molar-refractivity contribution in [1.82, 2.24) is 5.32 Å². The Balaban J connectivity index is 1.67. The van der Waals surface area contributed by atoms with Crippen molar-refractivity contribution in [2.75, 3.05) is 13.1 Å². The van der Waals surface area contributed by atoms with Gasteiger partial charge in [0.15, 0.2) is 0 Å². The highest BCUT2D eigenvalue weighted by atomic mass is 15.2. The summed E-state index contributed by atoms with van der Waals surface area (Å²) in [6, 6.07) is 8.15. The smallest absolute Gasteiger partial charge is 0.0576 e. The van der Waals surface area contributed by atoms with Gasteiger partial charge in [0.1, 0.15) is 0 Å². The van der Waals surface area contributed by atoms with E-state index in [1.165, 1.54) is 0 Å². The van der Waals surface area contributed by atoms with Gasteiger partial charge in [0, 0.05) is 31.8 Å². The summed E-state index contributed by atoms with van der Waals surface area (Å²) in [5.74, 6) is 0.457. The fourth-order valence-corrected chi connectivity index (χ4v) is 2.54. The van der Waals surface area contributed by atoms with Crippen LogP contribution in [0.3, 0.4) is 0 Å². The number of hydrogen-bond acceptors (Lipinski definition) is 3. The second-order valence-electron chi connectivity index (χ2n) is 5.14. The van der Waals surface area contributed by atoms with Crippen LogP contribution in [0.15, 0.2) is 53.6 Å². The number of rotatable bonds is 4. The maximum atomic E-state index is 5.73. The molecule has 1 saturated heterocycles. The highest BCUT2D eigenvalue weighted by Gasteiger charge is 2.46. The van der Waals surface area contributed by atoms with Gasteiger partial charge in [0.2, 0.25) is 0 Å². The number of nitrogens with one attached hydrogen (secondary N) is 1. The number of hydrogen-bond donors (Lipinski definition) is 2. The second kappa shape index (κ2) is 5.11. The van der Waals surface area contributed by atoms with E-state index in [4.69, 9.17) is 5.73 Å². The molecule has 1 spiro atoms. The Bertz CT molecular complexity index is 539. The van der Waals surface area contributed by atoms with Crippen LogP contribution in [0.4, 0.5) is 0 Å². The first-order valence-electron chi connectivity index (χ1n) is 6.73. The van der Waals surface area contributed by atoms with Crippen LogP contribution in [0.25, 0.3) is 0 Å². The van der Waals surface area contributed by atoms with Gasteiger partial charge in [-0.25, -0.2) is 0 Å². The monoisotopic (exact) mass is 253 g/mol. The number of allylic oxidation sites excluding steroid dienone is 2. The SMILES string of the molecule is NCc1ccccc1/C=N/CC1C=CC=CC12CN2. The predicted octanol–water partition coefficient (Wildman–Crippen LogP) is 1.65. The zero-order valence-electron chi connectivity index (χ0n) is 10.9. The molecule has 0 amide bonds. The molecule has 1 aromatic carbocycles. The first-order chi connectivity index (χ1) is 9.34. The van der Waals surface area contributed by atoms with Crippen molar-refractivity contribution in [1.29, 1.82) is 0 Å². The maximum Gasteiger partial charge on any atom is 0.0576 e. The van der Waals surface area contributed by atoms with Gasteiger partial charge in [0.25, 0.3) is 0 Å². The van der Waals surface area contributed by atoms with Gasteiger partial charge in [-0.1, -0.05) is 48.6 Å². The summed E-state index contributed by atoms with van der Waals surface area (Å²) < 4.78 is 0. The molecule has 0 bridgehead atoms.